The number of fused-ring (bicyclic) bond motifs is 1. The van der Waals surface area contributed by atoms with Crippen molar-refractivity contribution in [3.63, 3.8) is 0 Å². The third kappa shape index (κ3) is 5.69. The average Bonchev–Trinajstić information content (AvgIpc) is 3.62. The fraction of sp³-hybridized carbons (Fsp3) is 0.304. The SMILES string of the molecule is O=C(Nc1nnc(-c2ccc3c(c2)OCO3)s1)C1CCCN1C(=O)Nc1cc(C(F)(F)F)cc(C(F)(F)F)c1. The second kappa shape index (κ2) is 9.91. The van der Waals surface area contributed by atoms with E-state index in [9.17, 15) is 35.9 Å². The highest BCUT2D eigenvalue weighted by Crippen LogP contribution is 2.39. The highest BCUT2D eigenvalue weighted by molar-refractivity contribution is 7.18. The Morgan fingerprint density at radius 2 is 1.62 bits per heavy atom. The Bertz CT molecular complexity index is 1390. The van der Waals surface area contributed by atoms with Gasteiger partial charge in [0.2, 0.25) is 17.8 Å². The van der Waals surface area contributed by atoms with Crippen molar-refractivity contribution in [2.24, 2.45) is 0 Å². The van der Waals surface area contributed by atoms with Crippen molar-refractivity contribution in [1.29, 1.82) is 0 Å². The van der Waals surface area contributed by atoms with E-state index in [1.165, 1.54) is 0 Å². The second-order valence-electron chi connectivity index (χ2n) is 8.55. The first-order valence-electron chi connectivity index (χ1n) is 11.3. The summed E-state index contributed by atoms with van der Waals surface area (Å²) in [6, 6.07) is 3.86. The van der Waals surface area contributed by atoms with Gasteiger partial charge in [-0.3, -0.25) is 10.1 Å². The molecule has 0 bridgehead atoms. The third-order valence-corrected chi connectivity index (χ3v) is 6.82. The van der Waals surface area contributed by atoms with Crippen molar-refractivity contribution in [2.75, 3.05) is 24.0 Å². The molecule has 1 saturated heterocycles. The number of benzene rings is 2. The molecule has 3 amide bonds. The third-order valence-electron chi connectivity index (χ3n) is 5.93. The van der Waals surface area contributed by atoms with Gasteiger partial charge in [0, 0.05) is 17.8 Å². The summed E-state index contributed by atoms with van der Waals surface area (Å²) in [4.78, 5) is 26.8. The van der Waals surface area contributed by atoms with E-state index < -0.39 is 47.1 Å². The molecule has 5 rings (SSSR count). The topological polar surface area (TPSA) is 106 Å². The van der Waals surface area contributed by atoms with Gasteiger partial charge in [0.1, 0.15) is 11.0 Å². The number of carbonyl (C=O) groups excluding carboxylic acids is 2. The van der Waals surface area contributed by atoms with Crippen LogP contribution in [0.25, 0.3) is 10.6 Å². The molecule has 3 aromatic rings. The first-order chi connectivity index (χ1) is 18.4. The Hall–Kier alpha value is -4.08. The van der Waals surface area contributed by atoms with Gasteiger partial charge < -0.3 is 19.7 Å². The number of amides is 3. The lowest BCUT2D eigenvalue weighted by atomic mass is 10.1. The molecule has 1 unspecified atom stereocenters. The van der Waals surface area contributed by atoms with E-state index in [2.05, 4.69) is 20.8 Å². The number of nitrogens with one attached hydrogen (secondary N) is 2. The molecule has 16 heteroatoms. The molecule has 1 fully saturated rings. The predicted octanol–water partition coefficient (Wildman–Crippen LogP) is 5.61. The normalized spacial score (nSPS) is 16.9. The molecule has 206 valence electrons. The molecule has 0 aliphatic carbocycles. The molecule has 0 radical (unpaired) electrons. The van der Waals surface area contributed by atoms with E-state index in [-0.39, 0.29) is 31.0 Å². The molecule has 2 aromatic carbocycles. The Balaban J connectivity index is 1.28. The maximum atomic E-state index is 13.2. The Morgan fingerprint density at radius 3 is 2.31 bits per heavy atom. The molecule has 9 nitrogen and oxygen atoms in total. The number of carbonyl (C=O) groups is 2. The summed E-state index contributed by atoms with van der Waals surface area (Å²) < 4.78 is 89.5. The van der Waals surface area contributed by atoms with E-state index >= 15 is 0 Å². The van der Waals surface area contributed by atoms with Crippen molar-refractivity contribution < 1.29 is 45.4 Å². The molecule has 0 spiro atoms. The van der Waals surface area contributed by atoms with E-state index in [4.69, 9.17) is 9.47 Å². The monoisotopic (exact) mass is 573 g/mol. The largest absolute Gasteiger partial charge is 0.454 e. The van der Waals surface area contributed by atoms with Crippen LogP contribution in [0.15, 0.2) is 36.4 Å². The van der Waals surface area contributed by atoms with Crippen LogP contribution in [0.4, 0.5) is 42.0 Å². The Kier molecular flexibility index (Phi) is 6.74. The van der Waals surface area contributed by atoms with Gasteiger partial charge in [-0.25, -0.2) is 4.79 Å². The van der Waals surface area contributed by atoms with Crippen LogP contribution < -0.4 is 20.1 Å². The number of hydrogen-bond acceptors (Lipinski definition) is 7. The van der Waals surface area contributed by atoms with E-state index in [1.54, 1.807) is 18.2 Å². The lowest BCUT2D eigenvalue weighted by molar-refractivity contribution is -0.143. The molecule has 39 heavy (non-hydrogen) atoms. The quantitative estimate of drug-likeness (QED) is 0.394. The number of aromatic nitrogens is 2. The molecule has 1 atom stereocenters. The molecule has 0 saturated carbocycles. The van der Waals surface area contributed by atoms with Gasteiger partial charge in [-0.1, -0.05) is 11.3 Å². The summed E-state index contributed by atoms with van der Waals surface area (Å²) in [6.45, 7) is 0.159. The van der Waals surface area contributed by atoms with Crippen molar-refractivity contribution in [2.45, 2.75) is 31.2 Å². The van der Waals surface area contributed by atoms with Crippen LogP contribution in [-0.2, 0) is 17.1 Å². The van der Waals surface area contributed by atoms with Crippen LogP contribution >= 0.6 is 11.3 Å². The second-order valence-corrected chi connectivity index (χ2v) is 9.52. The van der Waals surface area contributed by atoms with Crippen molar-refractivity contribution in [3.05, 3.63) is 47.5 Å². The van der Waals surface area contributed by atoms with Gasteiger partial charge in [-0.05, 0) is 49.2 Å². The maximum absolute atomic E-state index is 13.2. The van der Waals surface area contributed by atoms with Gasteiger partial charge >= 0.3 is 18.4 Å². The number of likely N-dealkylation sites (tertiary alicyclic amines) is 1. The van der Waals surface area contributed by atoms with E-state index in [0.29, 0.717) is 40.6 Å². The summed E-state index contributed by atoms with van der Waals surface area (Å²) in [5.74, 6) is 0.483. The van der Waals surface area contributed by atoms with Gasteiger partial charge in [0.25, 0.3) is 0 Å². The van der Waals surface area contributed by atoms with E-state index in [1.807, 2.05) is 0 Å². The minimum Gasteiger partial charge on any atom is -0.454 e. The zero-order valence-corrected chi connectivity index (χ0v) is 20.3. The van der Waals surface area contributed by atoms with Gasteiger partial charge in [-0.15, -0.1) is 10.2 Å². The lowest BCUT2D eigenvalue weighted by Crippen LogP contribution is -2.45. The molecule has 2 aliphatic heterocycles. The molecule has 1 aromatic heterocycles. The summed E-state index contributed by atoms with van der Waals surface area (Å²) in [5, 5.41) is 13.2. The van der Waals surface area contributed by atoms with Crippen molar-refractivity contribution >= 4 is 34.1 Å². The summed E-state index contributed by atoms with van der Waals surface area (Å²) in [5.41, 5.74) is -3.18. The maximum Gasteiger partial charge on any atom is 0.416 e. The lowest BCUT2D eigenvalue weighted by Gasteiger charge is -2.24. The Labute approximate surface area is 219 Å². The number of nitrogens with zero attached hydrogens (tertiary/aromatic N) is 3. The molecular formula is C23H17F6N5O4S. The summed E-state index contributed by atoms with van der Waals surface area (Å²) >= 11 is 1.06. The summed E-state index contributed by atoms with van der Waals surface area (Å²) in [6.07, 6.45) is -9.53. The Morgan fingerprint density at radius 1 is 0.923 bits per heavy atom. The van der Waals surface area contributed by atoms with E-state index in [0.717, 1.165) is 16.2 Å². The molecule has 3 heterocycles. The standard InChI is InChI=1S/C23H17F6N5O4S/c24-22(25,26)12-7-13(23(27,28)29)9-14(8-12)30-21(36)34-5-1-2-15(34)18(35)31-20-33-32-19(39-20)11-3-4-16-17(6-11)38-10-37-16/h3-4,6-9,15H,1-2,5,10H2,(H,30,36)(H,31,33,35). The number of urea groups is 1. The number of halogens is 6. The average molecular weight is 573 g/mol. The van der Waals surface area contributed by atoms with Crippen molar-refractivity contribution in [1.82, 2.24) is 15.1 Å². The predicted molar refractivity (Wildman–Crippen MR) is 125 cm³/mol. The fourth-order valence-corrected chi connectivity index (χ4v) is 4.86. The zero-order chi connectivity index (χ0) is 27.9. The van der Waals surface area contributed by atoms with Gasteiger partial charge in [-0.2, -0.15) is 26.3 Å². The minimum absolute atomic E-state index is 0.0400. The van der Waals surface area contributed by atoms with Crippen LogP contribution in [0.2, 0.25) is 0 Å². The van der Waals surface area contributed by atoms with Gasteiger partial charge in [0.05, 0.1) is 11.1 Å². The number of ether oxygens (including phenoxy) is 2. The van der Waals surface area contributed by atoms with Crippen LogP contribution in [0, 0.1) is 0 Å². The number of anilines is 2. The highest BCUT2D eigenvalue weighted by Gasteiger charge is 2.38. The minimum atomic E-state index is -5.07. The van der Waals surface area contributed by atoms with Crippen molar-refractivity contribution in [3.8, 4) is 22.1 Å². The van der Waals surface area contributed by atoms with Crippen LogP contribution in [-0.4, -0.2) is 46.4 Å². The number of hydrogen-bond donors (Lipinski definition) is 2. The first kappa shape index (κ1) is 26.5. The molecule has 2 N–H and O–H groups in total. The molecule has 2 aliphatic rings. The van der Waals surface area contributed by atoms with Crippen LogP contribution in [0.1, 0.15) is 24.0 Å². The summed E-state index contributed by atoms with van der Waals surface area (Å²) in [7, 11) is 0. The number of alkyl halides is 6. The fourth-order valence-electron chi connectivity index (χ4n) is 4.11. The molecular weight excluding hydrogens is 556 g/mol. The van der Waals surface area contributed by atoms with Gasteiger partial charge in [0.15, 0.2) is 11.5 Å². The number of rotatable bonds is 4. The highest BCUT2D eigenvalue weighted by atomic mass is 32.1. The van der Waals surface area contributed by atoms with Crippen LogP contribution in [0.5, 0.6) is 11.5 Å². The van der Waals surface area contributed by atoms with Crippen LogP contribution in [0.3, 0.4) is 0 Å². The first-order valence-corrected chi connectivity index (χ1v) is 12.1. The smallest absolute Gasteiger partial charge is 0.416 e. The zero-order valence-electron chi connectivity index (χ0n) is 19.5.